The van der Waals surface area contributed by atoms with Crippen molar-refractivity contribution in [1.29, 1.82) is 0 Å². The Bertz CT molecular complexity index is 841. The minimum atomic E-state index is -4.88. The zero-order chi connectivity index (χ0) is 21.4. The van der Waals surface area contributed by atoms with Gasteiger partial charge in [-0.15, -0.1) is 0 Å². The average molecular weight is 424 g/mol. The maximum absolute atomic E-state index is 13.6. The number of amidine groups is 1. The Morgan fingerprint density at radius 1 is 1.28 bits per heavy atom. The highest BCUT2D eigenvalue weighted by molar-refractivity contribution is 6.02. The first-order valence-electron chi connectivity index (χ1n) is 8.12. The van der Waals surface area contributed by atoms with Crippen molar-refractivity contribution < 1.29 is 40.6 Å². The van der Waals surface area contributed by atoms with Gasteiger partial charge in [-0.3, -0.25) is 9.69 Å². The van der Waals surface area contributed by atoms with E-state index in [0.29, 0.717) is 0 Å². The standard InChI is InChI=1S/C16H14F6N4O3/c1-28-9-2-3-26-10(4-9)25-12(16(20,21)22)11(13(26)27)8-5-23-14(24-6-8)29-7-15(17,18)19/h2-5,8,10,25H,6-7H2,1H3. The molecule has 0 fully saturated rings. The Kier molecular flexibility index (Phi) is 5.32. The summed E-state index contributed by atoms with van der Waals surface area (Å²) in [6.07, 6.45) is -5.72. The number of hydrogen-bond acceptors (Lipinski definition) is 6. The number of amides is 1. The molecule has 3 rings (SSSR count). The fraction of sp³-hybridized carbons (Fsp3) is 0.438. The topological polar surface area (TPSA) is 75.5 Å². The molecule has 7 nitrogen and oxygen atoms in total. The molecule has 3 aliphatic heterocycles. The van der Waals surface area contributed by atoms with E-state index in [4.69, 9.17) is 4.74 Å². The molecule has 13 heteroatoms. The molecule has 0 radical (unpaired) electrons. The van der Waals surface area contributed by atoms with Crippen molar-refractivity contribution in [3.8, 4) is 0 Å². The first-order chi connectivity index (χ1) is 13.5. The van der Waals surface area contributed by atoms with Gasteiger partial charge in [-0.25, -0.2) is 9.98 Å². The summed E-state index contributed by atoms with van der Waals surface area (Å²) in [5.74, 6) is -1.87. The molecule has 2 atom stereocenters. The summed E-state index contributed by atoms with van der Waals surface area (Å²) >= 11 is 0. The van der Waals surface area contributed by atoms with E-state index in [0.717, 1.165) is 11.1 Å². The van der Waals surface area contributed by atoms with Gasteiger partial charge in [0.2, 0.25) is 0 Å². The van der Waals surface area contributed by atoms with Crippen LogP contribution in [0.2, 0.25) is 0 Å². The molecule has 3 heterocycles. The molecule has 0 aliphatic carbocycles. The smallest absolute Gasteiger partial charge is 0.431 e. The molecular weight excluding hydrogens is 410 g/mol. The van der Waals surface area contributed by atoms with Crippen molar-refractivity contribution in [1.82, 2.24) is 10.2 Å². The lowest BCUT2D eigenvalue weighted by atomic mass is 9.93. The van der Waals surface area contributed by atoms with Crippen LogP contribution in [0.1, 0.15) is 0 Å². The van der Waals surface area contributed by atoms with E-state index in [1.807, 2.05) is 0 Å². The average Bonchev–Trinajstić information content (AvgIpc) is 2.65. The fourth-order valence-electron chi connectivity index (χ4n) is 2.84. The van der Waals surface area contributed by atoms with Crippen LogP contribution in [0.15, 0.2) is 45.4 Å². The highest BCUT2D eigenvalue weighted by Crippen LogP contribution is 2.35. The molecule has 0 aromatic rings. The number of carbonyl (C=O) groups is 1. The second-order valence-electron chi connectivity index (χ2n) is 6.09. The lowest BCUT2D eigenvalue weighted by molar-refractivity contribution is -0.156. The van der Waals surface area contributed by atoms with Gasteiger partial charge in [0.1, 0.15) is 17.6 Å². The largest absolute Gasteiger partial charge is 0.497 e. The van der Waals surface area contributed by atoms with E-state index >= 15 is 0 Å². The third-order valence-electron chi connectivity index (χ3n) is 4.09. The monoisotopic (exact) mass is 424 g/mol. The number of nitrogens with zero attached hydrogens (tertiary/aromatic N) is 3. The first kappa shape index (κ1) is 20.7. The number of alkyl halides is 6. The van der Waals surface area contributed by atoms with E-state index in [-0.39, 0.29) is 5.76 Å². The van der Waals surface area contributed by atoms with Crippen molar-refractivity contribution in [3.05, 3.63) is 35.4 Å². The van der Waals surface area contributed by atoms with E-state index in [2.05, 4.69) is 20.0 Å². The number of nitrogens with one attached hydrogen (secondary N) is 1. The molecule has 1 N–H and O–H groups in total. The third-order valence-corrected chi connectivity index (χ3v) is 4.09. The maximum atomic E-state index is 13.6. The quantitative estimate of drug-likeness (QED) is 0.706. The van der Waals surface area contributed by atoms with Gasteiger partial charge in [0.25, 0.3) is 5.91 Å². The van der Waals surface area contributed by atoms with Gasteiger partial charge < -0.3 is 14.8 Å². The number of hydrogen-bond donors (Lipinski definition) is 1. The van der Waals surface area contributed by atoms with Crippen LogP contribution >= 0.6 is 0 Å². The molecule has 3 aliphatic rings. The fourth-order valence-corrected chi connectivity index (χ4v) is 2.84. The lowest BCUT2D eigenvalue weighted by Gasteiger charge is -2.39. The van der Waals surface area contributed by atoms with E-state index in [9.17, 15) is 31.1 Å². The summed E-state index contributed by atoms with van der Waals surface area (Å²) in [4.78, 5) is 20.9. The summed E-state index contributed by atoms with van der Waals surface area (Å²) in [6.45, 7) is -2.07. The molecule has 0 aromatic heterocycles. The number of ether oxygens (including phenoxy) is 2. The van der Waals surface area contributed by atoms with Crippen LogP contribution in [0.4, 0.5) is 26.3 Å². The number of methoxy groups -OCH3 is 1. The summed E-state index contributed by atoms with van der Waals surface area (Å²) in [7, 11) is 1.33. The number of fused-ring (bicyclic) bond motifs is 1. The molecule has 0 saturated carbocycles. The predicted molar refractivity (Wildman–Crippen MR) is 87.4 cm³/mol. The summed E-state index contributed by atoms with van der Waals surface area (Å²) in [6, 6.07) is -0.618. The SMILES string of the molecule is COC1=CC2NC(C(F)(F)F)=C(C3C=NC(OCC(F)(F)F)=NC3)C(=O)N2C=C1. The van der Waals surface area contributed by atoms with Gasteiger partial charge in [0, 0.05) is 24.4 Å². The molecule has 2 unspecified atom stereocenters. The molecular formula is C16H14F6N4O3. The van der Waals surface area contributed by atoms with Crippen LogP contribution in [0.25, 0.3) is 0 Å². The van der Waals surface area contributed by atoms with Gasteiger partial charge in [-0.1, -0.05) is 0 Å². The third kappa shape index (κ3) is 4.54. The van der Waals surface area contributed by atoms with Crippen LogP contribution in [0.5, 0.6) is 0 Å². The maximum Gasteiger partial charge on any atom is 0.431 e. The van der Waals surface area contributed by atoms with Crippen LogP contribution in [0.3, 0.4) is 0 Å². The second-order valence-corrected chi connectivity index (χ2v) is 6.09. The van der Waals surface area contributed by atoms with Crippen molar-refractivity contribution in [2.45, 2.75) is 18.5 Å². The van der Waals surface area contributed by atoms with Gasteiger partial charge in [-0.05, 0) is 6.08 Å². The summed E-state index contributed by atoms with van der Waals surface area (Å²) in [5, 5.41) is 2.26. The van der Waals surface area contributed by atoms with Crippen LogP contribution < -0.4 is 5.32 Å². The minimum absolute atomic E-state index is 0.270. The highest BCUT2D eigenvalue weighted by atomic mass is 19.4. The lowest BCUT2D eigenvalue weighted by Crippen LogP contribution is -2.55. The number of halogens is 6. The molecule has 0 aromatic carbocycles. The highest BCUT2D eigenvalue weighted by Gasteiger charge is 2.47. The molecule has 1 amide bonds. The zero-order valence-electron chi connectivity index (χ0n) is 14.7. The van der Waals surface area contributed by atoms with Gasteiger partial charge >= 0.3 is 18.4 Å². The first-order valence-corrected chi connectivity index (χ1v) is 8.12. The van der Waals surface area contributed by atoms with Gasteiger partial charge in [0.05, 0.1) is 19.2 Å². The Labute approximate surface area is 160 Å². The molecule has 29 heavy (non-hydrogen) atoms. The minimum Gasteiger partial charge on any atom is -0.497 e. The number of allylic oxidation sites excluding steroid dienone is 2. The Morgan fingerprint density at radius 3 is 2.55 bits per heavy atom. The van der Waals surface area contributed by atoms with Crippen molar-refractivity contribution in [3.63, 3.8) is 0 Å². The summed E-state index contributed by atoms with van der Waals surface area (Å²) < 4.78 is 86.6. The van der Waals surface area contributed by atoms with Crippen LogP contribution in [0, 0.1) is 5.92 Å². The van der Waals surface area contributed by atoms with Crippen molar-refractivity contribution >= 4 is 18.1 Å². The van der Waals surface area contributed by atoms with Crippen molar-refractivity contribution in [2.75, 3.05) is 20.3 Å². The Morgan fingerprint density at radius 2 is 2.00 bits per heavy atom. The second kappa shape index (κ2) is 7.44. The molecule has 158 valence electrons. The van der Waals surface area contributed by atoms with Gasteiger partial charge in [0.15, 0.2) is 6.61 Å². The van der Waals surface area contributed by atoms with Crippen molar-refractivity contribution in [2.24, 2.45) is 15.9 Å². The summed E-state index contributed by atoms with van der Waals surface area (Å²) in [5.41, 5.74) is -1.91. The Hall–Kier alpha value is -2.99. The normalized spacial score (nSPS) is 24.7. The van der Waals surface area contributed by atoms with Crippen LogP contribution in [-0.4, -0.2) is 61.8 Å². The van der Waals surface area contributed by atoms with E-state index < -0.39 is 60.8 Å². The van der Waals surface area contributed by atoms with E-state index in [1.165, 1.54) is 25.5 Å². The van der Waals surface area contributed by atoms with Crippen LogP contribution in [-0.2, 0) is 14.3 Å². The van der Waals surface area contributed by atoms with Gasteiger partial charge in [-0.2, -0.15) is 26.3 Å². The number of aliphatic imine (C=N–C) groups is 2. The van der Waals surface area contributed by atoms with E-state index in [1.54, 1.807) is 0 Å². The molecule has 0 bridgehead atoms. The Balaban J connectivity index is 1.87. The number of carbonyl (C=O) groups excluding carboxylic acids is 1. The molecule has 0 spiro atoms. The predicted octanol–water partition coefficient (Wildman–Crippen LogP) is 2.25. The zero-order valence-corrected chi connectivity index (χ0v) is 14.7. The number of rotatable bonds is 3. The molecule has 0 saturated heterocycles.